The number of para-hydroxylation sites is 1. The number of esters is 2. The summed E-state index contributed by atoms with van der Waals surface area (Å²) in [5.41, 5.74) is 9.04. The Bertz CT molecular complexity index is 2370. The number of phenolic OH excluding ortho intramolecular Hbond substituents is 1. The highest BCUT2D eigenvalue weighted by molar-refractivity contribution is 7.99. The number of hydrogen-bond acceptors (Lipinski definition) is 15. The van der Waals surface area contributed by atoms with Crippen molar-refractivity contribution in [3.05, 3.63) is 75.0 Å². The van der Waals surface area contributed by atoms with Crippen LogP contribution in [0.5, 0.6) is 28.7 Å². The highest BCUT2D eigenvalue weighted by atomic mass is 32.2. The van der Waals surface area contributed by atoms with Gasteiger partial charge in [-0.25, -0.2) is 4.79 Å². The third-order valence-corrected chi connectivity index (χ3v) is 14.2. The van der Waals surface area contributed by atoms with E-state index in [0.717, 1.165) is 22.1 Å². The summed E-state index contributed by atoms with van der Waals surface area (Å²) in [4.78, 5) is 32.1. The van der Waals surface area contributed by atoms with E-state index in [1.165, 1.54) is 25.8 Å². The van der Waals surface area contributed by atoms with Gasteiger partial charge in [0.2, 0.25) is 6.79 Å². The Balaban J connectivity index is 1.26. The van der Waals surface area contributed by atoms with Gasteiger partial charge >= 0.3 is 11.9 Å². The van der Waals surface area contributed by atoms with E-state index in [-0.39, 0.29) is 50.5 Å². The lowest BCUT2D eigenvalue weighted by molar-refractivity contribution is -0.215. The van der Waals surface area contributed by atoms with E-state index < -0.39 is 46.6 Å². The first-order chi connectivity index (χ1) is 26.9. The van der Waals surface area contributed by atoms with Crippen molar-refractivity contribution in [1.82, 2.24) is 15.1 Å². The number of ether oxygens (including phenoxy) is 5. The SMILES string of the molecule is COc1c(C)cc2c(c1O)[C@H]1[C@@H]3[C@@H]4SC[C@]5(N[C@H](CN)Cc6c5oc5ccccc65)C(=O)OC[C@@H](c5c6c(c(C)c(OC(C)=O)c54)OCO6)N3C(O)(C2)CN1C. The molecule has 1 aromatic heterocycles. The minimum absolute atomic E-state index is 0.0141. The van der Waals surface area contributed by atoms with Gasteiger partial charge in [-0.2, -0.15) is 0 Å². The fourth-order valence-corrected chi connectivity index (χ4v) is 12.3. The summed E-state index contributed by atoms with van der Waals surface area (Å²) >= 11 is 1.48. The van der Waals surface area contributed by atoms with Crippen molar-refractivity contribution < 1.29 is 47.9 Å². The first kappa shape index (κ1) is 35.9. The molecule has 294 valence electrons. The Hall–Kier alpha value is -4.51. The number of furan rings is 1. The van der Waals surface area contributed by atoms with E-state index in [0.29, 0.717) is 63.0 Å². The average molecular weight is 785 g/mol. The van der Waals surface area contributed by atoms with Crippen molar-refractivity contribution in [2.75, 3.05) is 46.4 Å². The number of aromatic hydroxyl groups is 1. The Morgan fingerprint density at radius 1 is 1.12 bits per heavy atom. The number of thioether (sulfide) groups is 1. The van der Waals surface area contributed by atoms with E-state index in [4.69, 9.17) is 33.8 Å². The number of fused-ring (bicyclic) bond motifs is 8. The summed E-state index contributed by atoms with van der Waals surface area (Å²) in [5.74, 6) is 1.17. The minimum atomic E-state index is -1.52. The lowest BCUT2D eigenvalue weighted by Crippen LogP contribution is -2.70. The Morgan fingerprint density at radius 3 is 2.68 bits per heavy atom. The van der Waals surface area contributed by atoms with E-state index in [9.17, 15) is 19.8 Å². The molecule has 0 aliphatic carbocycles. The average Bonchev–Trinajstić information content (AvgIpc) is 3.76. The molecule has 1 spiro atoms. The van der Waals surface area contributed by atoms with Crippen LogP contribution in [-0.2, 0) is 32.7 Å². The highest BCUT2D eigenvalue weighted by Crippen LogP contribution is 2.65. The minimum Gasteiger partial charge on any atom is -0.504 e. The van der Waals surface area contributed by atoms with Gasteiger partial charge in [0.25, 0.3) is 0 Å². The number of hydrogen-bond donors (Lipinski definition) is 4. The van der Waals surface area contributed by atoms with E-state index in [1.54, 1.807) is 0 Å². The summed E-state index contributed by atoms with van der Waals surface area (Å²) in [6.45, 7) is 5.29. The largest absolute Gasteiger partial charge is 0.504 e. The molecule has 56 heavy (non-hydrogen) atoms. The zero-order valence-corrected chi connectivity index (χ0v) is 32.6. The van der Waals surface area contributed by atoms with Crippen LogP contribution < -0.4 is 30.0 Å². The lowest BCUT2D eigenvalue weighted by Gasteiger charge is -2.60. The van der Waals surface area contributed by atoms with Crippen LogP contribution in [0.3, 0.4) is 0 Å². The summed E-state index contributed by atoms with van der Waals surface area (Å²) < 4.78 is 37.3. The van der Waals surface area contributed by atoms with Gasteiger partial charge in [0.05, 0.1) is 24.4 Å². The number of piperazine rings is 1. The third-order valence-electron chi connectivity index (χ3n) is 12.7. The van der Waals surface area contributed by atoms with E-state index in [1.807, 2.05) is 51.2 Å². The van der Waals surface area contributed by atoms with Gasteiger partial charge in [-0.3, -0.25) is 19.9 Å². The van der Waals surface area contributed by atoms with Crippen molar-refractivity contribution >= 4 is 34.7 Å². The molecular formula is C41H44N4O10S. The third kappa shape index (κ3) is 4.75. The second-order valence-corrected chi connectivity index (χ2v) is 17.1. The van der Waals surface area contributed by atoms with Gasteiger partial charge < -0.3 is 44.0 Å². The number of nitrogens with zero attached hydrogens (tertiary/aromatic N) is 2. The molecule has 4 aromatic rings. The number of aliphatic hydroxyl groups is 1. The number of phenols is 1. The fraction of sp³-hybridized carbons (Fsp3) is 0.463. The number of carbonyl (C=O) groups is 2. The first-order valence-corrected chi connectivity index (χ1v) is 20.0. The number of aryl methyl sites for hydroxylation is 1. The van der Waals surface area contributed by atoms with Gasteiger partial charge in [0.1, 0.15) is 29.4 Å². The van der Waals surface area contributed by atoms with Crippen LogP contribution in [0.2, 0.25) is 0 Å². The van der Waals surface area contributed by atoms with Crippen molar-refractivity contribution in [3.8, 4) is 28.7 Å². The van der Waals surface area contributed by atoms with Gasteiger partial charge in [0, 0.05) is 77.5 Å². The molecule has 0 saturated carbocycles. The zero-order chi connectivity index (χ0) is 39.0. The number of nitrogens with one attached hydrogen (secondary N) is 1. The van der Waals surface area contributed by atoms with Crippen molar-refractivity contribution in [1.29, 1.82) is 0 Å². The van der Waals surface area contributed by atoms with Crippen LogP contribution in [0.25, 0.3) is 11.0 Å². The monoisotopic (exact) mass is 784 g/mol. The highest BCUT2D eigenvalue weighted by Gasteiger charge is 2.64. The van der Waals surface area contributed by atoms with Crippen LogP contribution in [-0.4, -0.2) is 96.2 Å². The summed E-state index contributed by atoms with van der Waals surface area (Å²) in [6, 6.07) is 7.56. The van der Waals surface area contributed by atoms with Crippen LogP contribution in [0.1, 0.15) is 69.0 Å². The molecular weight excluding hydrogens is 741 g/mol. The van der Waals surface area contributed by atoms with E-state index in [2.05, 4.69) is 15.1 Å². The number of methoxy groups -OCH3 is 1. The zero-order valence-electron chi connectivity index (χ0n) is 31.8. The number of likely N-dealkylation sites (N-methyl/N-ethyl adjacent to an activating group) is 1. The molecule has 0 radical (unpaired) electrons. The first-order valence-electron chi connectivity index (χ1n) is 18.9. The standard InChI is InChI=1S/C41H44N4O10S/c1-18-10-21-12-40(49)15-44(4)30(27(21)32(47)33(18)50-5)31-37-29-28(36-35(52-17-53-36)19(2)34(29)54-20(3)46)25(45(31)40)14-51-39(48)41(16-56-37)38-24(11-22(13-42)43-41)23-8-6-7-9-26(23)55-38/h6-10,22,25,30-31,37,43,47,49H,11-17,42H2,1-5H3/t22-,25-,30-,31+,37+,40?,41+/m0/s1. The molecule has 3 aromatic carbocycles. The van der Waals surface area contributed by atoms with Crippen molar-refractivity contribution in [2.45, 2.75) is 74.3 Å². The molecule has 12 rings (SSSR count). The fourth-order valence-electron chi connectivity index (χ4n) is 10.7. The maximum atomic E-state index is 15.0. The van der Waals surface area contributed by atoms with Crippen LogP contribution in [0, 0.1) is 13.8 Å². The Kier molecular flexibility index (Phi) is 8.00. The van der Waals surface area contributed by atoms with Gasteiger partial charge in [0.15, 0.2) is 28.5 Å². The Morgan fingerprint density at radius 2 is 1.91 bits per heavy atom. The Labute approximate surface area is 327 Å². The van der Waals surface area contributed by atoms with Crippen LogP contribution in [0.15, 0.2) is 34.7 Å². The topological polar surface area (TPSA) is 178 Å². The quantitative estimate of drug-likeness (QED) is 0.174. The molecule has 9 heterocycles. The van der Waals surface area contributed by atoms with Crippen LogP contribution >= 0.6 is 11.8 Å². The van der Waals surface area contributed by atoms with Crippen molar-refractivity contribution in [3.63, 3.8) is 0 Å². The van der Waals surface area contributed by atoms with Gasteiger partial charge in [-0.15, -0.1) is 11.8 Å². The second-order valence-electron chi connectivity index (χ2n) is 15.9. The molecule has 2 fully saturated rings. The molecule has 8 aliphatic heterocycles. The number of nitrogens with two attached hydrogens (primary N) is 1. The van der Waals surface area contributed by atoms with Gasteiger partial charge in [-0.05, 0) is 44.5 Å². The predicted octanol–water partition coefficient (Wildman–Crippen LogP) is 3.77. The maximum absolute atomic E-state index is 15.0. The molecule has 2 unspecified atom stereocenters. The molecule has 0 amide bonds. The lowest BCUT2D eigenvalue weighted by atomic mass is 9.78. The van der Waals surface area contributed by atoms with Crippen molar-refractivity contribution in [2.24, 2.45) is 5.73 Å². The second kappa shape index (κ2) is 12.5. The smallest absolute Gasteiger partial charge is 0.335 e. The molecule has 5 N–H and O–H groups in total. The number of benzene rings is 3. The summed E-state index contributed by atoms with van der Waals surface area (Å²) in [7, 11) is 3.48. The predicted molar refractivity (Wildman–Crippen MR) is 204 cm³/mol. The molecule has 8 aliphatic rings. The molecule has 14 nitrogen and oxygen atoms in total. The van der Waals surface area contributed by atoms with E-state index >= 15 is 0 Å². The molecule has 2 saturated heterocycles. The van der Waals surface area contributed by atoms with Gasteiger partial charge in [-0.1, -0.05) is 24.3 Å². The maximum Gasteiger partial charge on any atom is 0.335 e. The summed E-state index contributed by atoms with van der Waals surface area (Å²) in [5, 5.41) is 29.2. The number of carbonyl (C=O) groups excluding carboxylic acids is 2. The molecule has 8 atom stereocenters. The summed E-state index contributed by atoms with van der Waals surface area (Å²) in [6.07, 6.45) is 0.730. The normalized spacial score (nSPS) is 31.3. The molecule has 15 heteroatoms. The molecule has 4 bridgehead atoms. The van der Waals surface area contributed by atoms with Crippen LogP contribution in [0.4, 0.5) is 0 Å². The number of rotatable bonds is 3.